The predicted octanol–water partition coefficient (Wildman–Crippen LogP) is 2.78. The van der Waals surface area contributed by atoms with Gasteiger partial charge in [0, 0.05) is 21.8 Å². The Morgan fingerprint density at radius 3 is 2.56 bits per heavy atom. The topological polar surface area (TPSA) is 69.1 Å². The van der Waals surface area contributed by atoms with Gasteiger partial charge < -0.3 is 11.5 Å². The van der Waals surface area contributed by atoms with Crippen molar-refractivity contribution in [3.63, 3.8) is 0 Å². The number of carbonyl (C=O) groups excluding carboxylic acids is 1. The molecule has 0 aliphatic carbocycles. The van der Waals surface area contributed by atoms with E-state index in [9.17, 15) is 4.79 Å². The zero-order chi connectivity index (χ0) is 11.7. The van der Waals surface area contributed by atoms with Crippen LogP contribution in [0.15, 0.2) is 30.3 Å². The Balaban J connectivity index is 2.50. The summed E-state index contributed by atoms with van der Waals surface area (Å²) < 4.78 is 0. The van der Waals surface area contributed by atoms with Crippen molar-refractivity contribution in [2.24, 2.45) is 0 Å². The van der Waals surface area contributed by atoms with E-state index in [2.05, 4.69) is 0 Å². The number of nitrogen functional groups attached to an aromatic ring is 2. The van der Waals surface area contributed by atoms with Crippen molar-refractivity contribution in [2.45, 2.75) is 6.92 Å². The fraction of sp³-hybridized carbons (Fsp3) is 0.0833. The molecule has 0 saturated heterocycles. The van der Waals surface area contributed by atoms with E-state index in [0.29, 0.717) is 11.4 Å². The lowest BCUT2D eigenvalue weighted by Crippen LogP contribution is -1.91. The van der Waals surface area contributed by atoms with Crippen molar-refractivity contribution in [1.82, 2.24) is 0 Å². The molecule has 4 N–H and O–H groups in total. The molecule has 0 amide bonds. The number of carbonyl (C=O) groups is 1. The third-order valence-electron chi connectivity index (χ3n) is 2.30. The molecule has 0 unspecified atom stereocenters. The number of nitrogens with two attached hydrogens (primary N) is 2. The molecule has 2 rings (SSSR count). The molecule has 4 heteroatoms. The maximum absolute atomic E-state index is 11.2. The normalized spacial score (nSPS) is 10.3. The fourth-order valence-electron chi connectivity index (χ4n) is 1.46. The highest BCUT2D eigenvalue weighted by molar-refractivity contribution is 7.17. The van der Waals surface area contributed by atoms with Crippen LogP contribution < -0.4 is 11.5 Å². The third-order valence-corrected chi connectivity index (χ3v) is 3.52. The summed E-state index contributed by atoms with van der Waals surface area (Å²) in [5, 5.41) is 0. The van der Waals surface area contributed by atoms with E-state index in [1.807, 2.05) is 18.2 Å². The minimum Gasteiger partial charge on any atom is -0.399 e. The molecule has 0 fully saturated rings. The number of anilines is 2. The maximum Gasteiger partial charge on any atom is 0.169 e. The summed E-state index contributed by atoms with van der Waals surface area (Å²) in [4.78, 5) is 12.9. The number of Topliss-reactive ketones (excluding diaryl/α,β-unsaturated/α-hetero) is 1. The van der Waals surface area contributed by atoms with Gasteiger partial charge >= 0.3 is 0 Å². The fourth-order valence-corrected chi connectivity index (χ4v) is 2.40. The van der Waals surface area contributed by atoms with Gasteiger partial charge in [-0.2, -0.15) is 0 Å². The predicted molar refractivity (Wildman–Crippen MR) is 68.6 cm³/mol. The van der Waals surface area contributed by atoms with E-state index < -0.39 is 0 Å². The Morgan fingerprint density at radius 2 is 1.94 bits per heavy atom. The second-order valence-electron chi connectivity index (χ2n) is 3.57. The summed E-state index contributed by atoms with van der Waals surface area (Å²) in [6, 6.07) is 9.07. The lowest BCUT2D eigenvalue weighted by Gasteiger charge is -2.03. The average molecular weight is 232 g/mol. The van der Waals surface area contributed by atoms with E-state index in [0.717, 1.165) is 15.3 Å². The second kappa shape index (κ2) is 3.98. The van der Waals surface area contributed by atoms with Crippen LogP contribution in [0, 0.1) is 0 Å². The van der Waals surface area contributed by atoms with Crippen LogP contribution in [0.5, 0.6) is 0 Å². The molecule has 0 radical (unpaired) electrons. The first-order chi connectivity index (χ1) is 7.58. The Bertz CT molecular complexity index is 546. The number of hydrogen-bond acceptors (Lipinski definition) is 4. The SMILES string of the molecule is CC(=O)c1ccc(-c2cc(N)ccc2N)s1. The van der Waals surface area contributed by atoms with Gasteiger partial charge in [0.15, 0.2) is 5.78 Å². The first-order valence-electron chi connectivity index (χ1n) is 4.84. The number of hydrogen-bond donors (Lipinski definition) is 2. The molecule has 2 aromatic rings. The molecule has 0 aliphatic rings. The summed E-state index contributed by atoms with van der Waals surface area (Å²) in [6.45, 7) is 1.55. The highest BCUT2D eigenvalue weighted by atomic mass is 32.1. The third kappa shape index (κ3) is 1.92. The van der Waals surface area contributed by atoms with E-state index in [4.69, 9.17) is 11.5 Å². The summed E-state index contributed by atoms with van der Waals surface area (Å²) in [6.07, 6.45) is 0. The summed E-state index contributed by atoms with van der Waals surface area (Å²) >= 11 is 1.43. The van der Waals surface area contributed by atoms with Crippen LogP contribution in [0.4, 0.5) is 11.4 Å². The van der Waals surface area contributed by atoms with E-state index in [1.54, 1.807) is 19.1 Å². The molecule has 1 heterocycles. The van der Waals surface area contributed by atoms with Gasteiger partial charge in [-0.05, 0) is 37.3 Å². The second-order valence-corrected chi connectivity index (χ2v) is 4.65. The van der Waals surface area contributed by atoms with Gasteiger partial charge in [0.1, 0.15) is 0 Å². The van der Waals surface area contributed by atoms with Gasteiger partial charge in [-0.15, -0.1) is 11.3 Å². The van der Waals surface area contributed by atoms with Crippen LogP contribution in [-0.4, -0.2) is 5.78 Å². The molecule has 0 spiro atoms. The molecule has 1 aromatic heterocycles. The summed E-state index contributed by atoms with van der Waals surface area (Å²) in [7, 11) is 0. The molecule has 82 valence electrons. The molecule has 0 saturated carbocycles. The Morgan fingerprint density at radius 1 is 1.19 bits per heavy atom. The van der Waals surface area contributed by atoms with Gasteiger partial charge in [0.25, 0.3) is 0 Å². The molecule has 1 aromatic carbocycles. The quantitative estimate of drug-likeness (QED) is 0.618. The van der Waals surface area contributed by atoms with Gasteiger partial charge in [-0.1, -0.05) is 0 Å². The molecular weight excluding hydrogens is 220 g/mol. The van der Waals surface area contributed by atoms with Gasteiger partial charge in [0.05, 0.1) is 4.88 Å². The van der Waals surface area contributed by atoms with Crippen LogP contribution in [0.2, 0.25) is 0 Å². The standard InChI is InChI=1S/C12H12N2OS/c1-7(15)11-4-5-12(16-11)9-6-8(13)2-3-10(9)14/h2-6H,13-14H2,1H3. The molecular formula is C12H12N2OS. The lowest BCUT2D eigenvalue weighted by atomic mass is 10.1. The van der Waals surface area contributed by atoms with Crippen LogP contribution in [-0.2, 0) is 0 Å². The largest absolute Gasteiger partial charge is 0.399 e. The zero-order valence-electron chi connectivity index (χ0n) is 8.86. The van der Waals surface area contributed by atoms with Crippen molar-refractivity contribution >= 4 is 28.5 Å². The van der Waals surface area contributed by atoms with Crippen LogP contribution in [0.3, 0.4) is 0 Å². The summed E-state index contributed by atoms with van der Waals surface area (Å²) in [5.74, 6) is 0.0683. The number of rotatable bonds is 2. The number of ketones is 1. The monoisotopic (exact) mass is 232 g/mol. The maximum atomic E-state index is 11.2. The van der Waals surface area contributed by atoms with E-state index in [1.165, 1.54) is 11.3 Å². The first kappa shape index (κ1) is 10.7. The highest BCUT2D eigenvalue weighted by Crippen LogP contribution is 2.33. The van der Waals surface area contributed by atoms with Gasteiger partial charge in [0.2, 0.25) is 0 Å². The molecule has 0 aliphatic heterocycles. The van der Waals surface area contributed by atoms with Crippen molar-refractivity contribution < 1.29 is 4.79 Å². The van der Waals surface area contributed by atoms with Gasteiger partial charge in [-0.25, -0.2) is 0 Å². The first-order valence-corrected chi connectivity index (χ1v) is 5.65. The van der Waals surface area contributed by atoms with Crippen molar-refractivity contribution in [3.8, 4) is 10.4 Å². The average Bonchev–Trinajstić information content (AvgIpc) is 2.70. The Hall–Kier alpha value is -1.81. The highest BCUT2D eigenvalue weighted by Gasteiger charge is 2.08. The summed E-state index contributed by atoms with van der Waals surface area (Å²) in [5.41, 5.74) is 13.8. The zero-order valence-corrected chi connectivity index (χ0v) is 9.67. The van der Waals surface area contributed by atoms with Crippen LogP contribution in [0.25, 0.3) is 10.4 Å². The van der Waals surface area contributed by atoms with Crippen LogP contribution in [0.1, 0.15) is 16.6 Å². The Kier molecular flexibility index (Phi) is 2.66. The number of benzene rings is 1. The van der Waals surface area contributed by atoms with Crippen LogP contribution >= 0.6 is 11.3 Å². The van der Waals surface area contributed by atoms with Crippen molar-refractivity contribution in [1.29, 1.82) is 0 Å². The lowest BCUT2D eigenvalue weighted by molar-refractivity contribution is 0.102. The van der Waals surface area contributed by atoms with Gasteiger partial charge in [-0.3, -0.25) is 4.79 Å². The molecule has 3 nitrogen and oxygen atoms in total. The van der Waals surface area contributed by atoms with Crippen molar-refractivity contribution in [3.05, 3.63) is 35.2 Å². The molecule has 0 atom stereocenters. The smallest absolute Gasteiger partial charge is 0.169 e. The molecule has 16 heavy (non-hydrogen) atoms. The minimum atomic E-state index is 0.0683. The van der Waals surface area contributed by atoms with Crippen molar-refractivity contribution in [2.75, 3.05) is 11.5 Å². The Labute approximate surface area is 97.7 Å². The minimum absolute atomic E-state index is 0.0683. The van der Waals surface area contributed by atoms with E-state index in [-0.39, 0.29) is 5.78 Å². The number of thiophene rings is 1. The molecule has 0 bridgehead atoms. The van der Waals surface area contributed by atoms with E-state index >= 15 is 0 Å².